The van der Waals surface area contributed by atoms with E-state index in [2.05, 4.69) is 27.9 Å². The van der Waals surface area contributed by atoms with Crippen LogP contribution in [0, 0.1) is 17.4 Å². The minimum Gasteiger partial charge on any atom is -0.493 e. The predicted molar refractivity (Wildman–Crippen MR) is 146 cm³/mol. The van der Waals surface area contributed by atoms with Crippen LogP contribution in [-0.2, 0) is 16.2 Å². The monoisotopic (exact) mass is 616 g/mol. The molecule has 0 spiro atoms. The molecule has 0 atom stereocenters. The largest absolute Gasteiger partial charge is 0.493 e. The first-order valence-electron chi connectivity index (χ1n) is 10.9. The Balaban J connectivity index is 1.66. The summed E-state index contributed by atoms with van der Waals surface area (Å²) in [5.74, 6) is -0.541. The van der Waals surface area contributed by atoms with Crippen molar-refractivity contribution in [1.29, 1.82) is 0 Å². The second kappa shape index (κ2) is 10.7. The lowest BCUT2D eigenvalue weighted by Crippen LogP contribution is -2.54. The number of nitrogens with one attached hydrogen (secondary N) is 1. The van der Waals surface area contributed by atoms with Gasteiger partial charge in [0.2, 0.25) is 0 Å². The lowest BCUT2D eigenvalue weighted by Gasteiger charge is -2.27. The molecule has 184 valence electrons. The summed E-state index contributed by atoms with van der Waals surface area (Å²) in [7, 11) is 1.50. The van der Waals surface area contributed by atoms with Crippen molar-refractivity contribution >= 4 is 63.8 Å². The zero-order chi connectivity index (χ0) is 26.0. The molecule has 1 fully saturated rings. The number of imide groups is 2. The molecular formula is C27H22ClIN2O5. The summed E-state index contributed by atoms with van der Waals surface area (Å²) in [5.41, 5.74) is 3.34. The van der Waals surface area contributed by atoms with Gasteiger partial charge in [-0.3, -0.25) is 14.9 Å². The first-order valence-corrected chi connectivity index (χ1v) is 12.4. The van der Waals surface area contributed by atoms with Crippen LogP contribution in [-0.4, -0.2) is 25.0 Å². The summed E-state index contributed by atoms with van der Waals surface area (Å²) in [6, 6.07) is 15.4. The third-order valence-corrected chi connectivity index (χ3v) is 6.76. The second-order valence-corrected chi connectivity index (χ2v) is 9.73. The average molecular weight is 617 g/mol. The van der Waals surface area contributed by atoms with Gasteiger partial charge in [-0.1, -0.05) is 47.5 Å². The zero-order valence-corrected chi connectivity index (χ0v) is 22.6. The maximum atomic E-state index is 13.3. The normalized spacial score (nSPS) is 14.8. The molecule has 0 unspecified atom stereocenters. The van der Waals surface area contributed by atoms with Gasteiger partial charge in [-0.2, -0.15) is 0 Å². The molecule has 9 heteroatoms. The van der Waals surface area contributed by atoms with Crippen LogP contribution in [0.15, 0.2) is 60.2 Å². The molecule has 1 heterocycles. The number of rotatable bonds is 6. The minimum atomic E-state index is -0.787. The van der Waals surface area contributed by atoms with Gasteiger partial charge in [0.25, 0.3) is 11.8 Å². The van der Waals surface area contributed by atoms with Crippen molar-refractivity contribution in [2.45, 2.75) is 20.5 Å². The first-order chi connectivity index (χ1) is 17.2. The highest BCUT2D eigenvalue weighted by molar-refractivity contribution is 14.1. The van der Waals surface area contributed by atoms with Crippen molar-refractivity contribution in [3.05, 3.63) is 91.0 Å². The number of aryl methyl sites for hydroxylation is 2. The summed E-state index contributed by atoms with van der Waals surface area (Å²) in [6.07, 6.45) is 1.43. The van der Waals surface area contributed by atoms with Crippen LogP contribution in [0.4, 0.5) is 10.5 Å². The first kappa shape index (κ1) is 25.7. The zero-order valence-electron chi connectivity index (χ0n) is 19.7. The molecule has 0 aliphatic carbocycles. The molecule has 3 aromatic carbocycles. The highest BCUT2D eigenvalue weighted by Crippen LogP contribution is 2.36. The lowest BCUT2D eigenvalue weighted by atomic mass is 10.0. The van der Waals surface area contributed by atoms with Gasteiger partial charge in [0.05, 0.1) is 16.4 Å². The van der Waals surface area contributed by atoms with Crippen LogP contribution < -0.4 is 19.7 Å². The van der Waals surface area contributed by atoms with Gasteiger partial charge in [-0.25, -0.2) is 9.69 Å². The maximum Gasteiger partial charge on any atom is 0.335 e. The number of methoxy groups -OCH3 is 1. The van der Waals surface area contributed by atoms with Gasteiger partial charge >= 0.3 is 6.03 Å². The van der Waals surface area contributed by atoms with E-state index in [9.17, 15) is 14.4 Å². The van der Waals surface area contributed by atoms with E-state index in [1.54, 1.807) is 37.3 Å². The second-order valence-electron chi connectivity index (χ2n) is 8.16. The molecular weight excluding hydrogens is 595 g/mol. The van der Waals surface area contributed by atoms with Gasteiger partial charge in [0, 0.05) is 10.6 Å². The smallest absolute Gasteiger partial charge is 0.335 e. The summed E-state index contributed by atoms with van der Waals surface area (Å²) < 4.78 is 12.2. The molecule has 4 rings (SSSR count). The third-order valence-electron chi connectivity index (χ3n) is 5.59. The molecule has 0 radical (unpaired) electrons. The SMILES string of the molecule is COc1cc(/C=C2\C(=O)NC(=O)N(c3ccc(C)cc3C)C2=O)cc(I)c1OCc1ccccc1Cl. The van der Waals surface area contributed by atoms with Gasteiger partial charge in [0.1, 0.15) is 12.2 Å². The minimum absolute atomic E-state index is 0.169. The molecule has 1 saturated heterocycles. The van der Waals surface area contributed by atoms with Gasteiger partial charge in [-0.05, 0) is 77.9 Å². The Morgan fingerprint density at radius 3 is 2.50 bits per heavy atom. The van der Waals surface area contributed by atoms with Gasteiger partial charge < -0.3 is 9.47 Å². The number of anilines is 1. The van der Waals surface area contributed by atoms with Crippen LogP contribution in [0.1, 0.15) is 22.3 Å². The number of urea groups is 1. The van der Waals surface area contributed by atoms with Crippen molar-refractivity contribution in [3.8, 4) is 11.5 Å². The fourth-order valence-electron chi connectivity index (χ4n) is 3.83. The number of barbiturate groups is 1. The Morgan fingerprint density at radius 2 is 1.81 bits per heavy atom. The Kier molecular flexibility index (Phi) is 7.65. The van der Waals surface area contributed by atoms with E-state index in [-0.39, 0.29) is 12.2 Å². The maximum absolute atomic E-state index is 13.3. The number of halogens is 2. The molecule has 1 aliphatic rings. The van der Waals surface area contributed by atoms with E-state index < -0.39 is 17.8 Å². The topological polar surface area (TPSA) is 84.9 Å². The number of amides is 4. The molecule has 0 aromatic heterocycles. The number of hydrogen-bond acceptors (Lipinski definition) is 5. The van der Waals surface area contributed by atoms with E-state index in [4.69, 9.17) is 21.1 Å². The molecule has 3 aromatic rings. The van der Waals surface area contributed by atoms with Gasteiger partial charge in [-0.15, -0.1) is 0 Å². The van der Waals surface area contributed by atoms with Crippen LogP contribution in [0.3, 0.4) is 0 Å². The van der Waals surface area contributed by atoms with Crippen LogP contribution in [0.2, 0.25) is 5.02 Å². The lowest BCUT2D eigenvalue weighted by molar-refractivity contribution is -0.122. The molecule has 1 N–H and O–H groups in total. The highest BCUT2D eigenvalue weighted by atomic mass is 127. The number of carbonyl (C=O) groups excluding carboxylic acids is 3. The Labute approximate surface area is 227 Å². The summed E-state index contributed by atoms with van der Waals surface area (Å²) in [6.45, 7) is 3.96. The van der Waals surface area contributed by atoms with E-state index in [0.29, 0.717) is 31.3 Å². The summed E-state index contributed by atoms with van der Waals surface area (Å²) in [4.78, 5) is 39.4. The quantitative estimate of drug-likeness (QED) is 0.215. The van der Waals surface area contributed by atoms with Gasteiger partial charge in [0.15, 0.2) is 11.5 Å². The molecule has 7 nitrogen and oxygen atoms in total. The van der Waals surface area contributed by atoms with E-state index in [1.165, 1.54) is 13.2 Å². The Bertz CT molecular complexity index is 1420. The number of benzene rings is 3. The van der Waals surface area contributed by atoms with Crippen molar-refractivity contribution < 1.29 is 23.9 Å². The molecule has 0 bridgehead atoms. The highest BCUT2D eigenvalue weighted by Gasteiger charge is 2.37. The van der Waals surface area contributed by atoms with E-state index in [1.807, 2.05) is 31.2 Å². The number of nitrogens with zero attached hydrogens (tertiary/aromatic N) is 1. The predicted octanol–water partition coefficient (Wildman–Crippen LogP) is 5.82. The molecule has 36 heavy (non-hydrogen) atoms. The van der Waals surface area contributed by atoms with Crippen LogP contribution in [0.25, 0.3) is 6.08 Å². The van der Waals surface area contributed by atoms with E-state index >= 15 is 0 Å². The van der Waals surface area contributed by atoms with E-state index in [0.717, 1.165) is 21.6 Å². The third kappa shape index (κ3) is 5.24. The fourth-order valence-corrected chi connectivity index (χ4v) is 4.80. The average Bonchev–Trinajstić information content (AvgIpc) is 2.83. The van der Waals surface area contributed by atoms with Crippen molar-refractivity contribution in [3.63, 3.8) is 0 Å². The molecule has 0 saturated carbocycles. The van der Waals surface area contributed by atoms with Crippen LogP contribution >= 0.6 is 34.2 Å². The van der Waals surface area contributed by atoms with Crippen molar-refractivity contribution in [1.82, 2.24) is 5.32 Å². The van der Waals surface area contributed by atoms with Crippen molar-refractivity contribution in [2.24, 2.45) is 0 Å². The standard InChI is InChI=1S/C27H22ClIN2O5/c1-15-8-9-22(16(2)10-15)31-26(33)19(25(32)30-27(31)34)11-17-12-21(29)24(23(13-17)35-3)36-14-18-6-4-5-7-20(18)28/h4-13H,14H2,1-3H3,(H,30,32,34)/b19-11+. The number of ether oxygens (including phenoxy) is 2. The molecule has 1 aliphatic heterocycles. The Hall–Kier alpha value is -3.37. The Morgan fingerprint density at radius 1 is 1.06 bits per heavy atom. The number of hydrogen-bond donors (Lipinski definition) is 1. The van der Waals surface area contributed by atoms with Crippen LogP contribution in [0.5, 0.6) is 11.5 Å². The fraction of sp³-hybridized carbons (Fsp3) is 0.148. The summed E-state index contributed by atoms with van der Waals surface area (Å²) >= 11 is 8.33. The number of carbonyl (C=O) groups is 3. The molecule has 4 amide bonds. The summed E-state index contributed by atoms with van der Waals surface area (Å²) in [5, 5.41) is 2.85. The van der Waals surface area contributed by atoms with Crippen molar-refractivity contribution in [2.75, 3.05) is 12.0 Å².